The summed E-state index contributed by atoms with van der Waals surface area (Å²) in [5, 5.41) is 7.68. The molecule has 130 valence electrons. The third-order valence-corrected chi connectivity index (χ3v) is 4.09. The molecule has 0 amide bonds. The normalized spacial score (nSPS) is 10.8. The first kappa shape index (κ1) is 16.0. The van der Waals surface area contributed by atoms with Gasteiger partial charge in [0.2, 0.25) is 0 Å². The predicted octanol–water partition coefficient (Wildman–Crippen LogP) is 2.85. The van der Waals surface area contributed by atoms with Crippen LogP contribution < -0.4 is 10.1 Å². The van der Waals surface area contributed by atoms with Gasteiger partial charge in [0.05, 0.1) is 12.8 Å². The first-order valence-corrected chi connectivity index (χ1v) is 8.31. The predicted molar refractivity (Wildman–Crippen MR) is 99.2 cm³/mol. The molecule has 0 saturated carbocycles. The number of pyridine rings is 1. The zero-order valence-electron chi connectivity index (χ0n) is 14.3. The van der Waals surface area contributed by atoms with Crippen LogP contribution in [0.15, 0.2) is 61.2 Å². The number of hydrogen-bond donors (Lipinski definition) is 1. The van der Waals surface area contributed by atoms with E-state index in [1.807, 2.05) is 30.3 Å². The summed E-state index contributed by atoms with van der Waals surface area (Å²) in [4.78, 5) is 12.9. The summed E-state index contributed by atoms with van der Waals surface area (Å²) < 4.78 is 6.89. The molecule has 0 atom stereocenters. The van der Waals surface area contributed by atoms with Crippen LogP contribution in [0.5, 0.6) is 5.75 Å². The minimum absolute atomic E-state index is 0.554. The summed E-state index contributed by atoms with van der Waals surface area (Å²) >= 11 is 0. The minimum Gasteiger partial charge on any atom is -0.497 e. The summed E-state index contributed by atoms with van der Waals surface area (Å²) in [6.45, 7) is 0.762. The van der Waals surface area contributed by atoms with E-state index in [0.29, 0.717) is 5.78 Å². The van der Waals surface area contributed by atoms with Gasteiger partial charge in [-0.15, -0.1) is 0 Å². The molecule has 4 rings (SSSR count). The van der Waals surface area contributed by atoms with Crippen LogP contribution in [0.3, 0.4) is 0 Å². The fraction of sp³-hybridized carbons (Fsp3) is 0.158. The average molecular weight is 346 g/mol. The van der Waals surface area contributed by atoms with Crippen LogP contribution in [0.25, 0.3) is 17.0 Å². The number of nitrogens with one attached hydrogen (secondary N) is 1. The first-order chi connectivity index (χ1) is 12.8. The van der Waals surface area contributed by atoms with Gasteiger partial charge in [-0.05, 0) is 36.2 Å². The maximum Gasteiger partial charge on any atom is 0.254 e. The van der Waals surface area contributed by atoms with Gasteiger partial charge in [-0.2, -0.15) is 14.6 Å². The van der Waals surface area contributed by atoms with E-state index in [0.717, 1.165) is 35.8 Å². The first-order valence-electron chi connectivity index (χ1n) is 8.31. The summed E-state index contributed by atoms with van der Waals surface area (Å²) in [5.74, 6) is 2.26. The lowest BCUT2D eigenvalue weighted by atomic mass is 10.1. The number of rotatable bonds is 6. The van der Waals surface area contributed by atoms with Crippen molar-refractivity contribution in [3.63, 3.8) is 0 Å². The highest BCUT2D eigenvalue weighted by atomic mass is 16.5. The smallest absolute Gasteiger partial charge is 0.254 e. The minimum atomic E-state index is 0.554. The van der Waals surface area contributed by atoms with Crippen LogP contribution in [0.2, 0.25) is 0 Å². The number of hydrogen-bond acceptors (Lipinski definition) is 6. The second-order valence-electron chi connectivity index (χ2n) is 5.77. The van der Waals surface area contributed by atoms with Gasteiger partial charge in [0.15, 0.2) is 0 Å². The Balaban J connectivity index is 1.54. The Labute approximate surface area is 150 Å². The molecule has 26 heavy (non-hydrogen) atoms. The fourth-order valence-corrected chi connectivity index (χ4v) is 2.73. The van der Waals surface area contributed by atoms with Crippen LogP contribution in [0, 0.1) is 0 Å². The fourth-order valence-electron chi connectivity index (χ4n) is 2.73. The monoisotopic (exact) mass is 346 g/mol. The van der Waals surface area contributed by atoms with Crippen molar-refractivity contribution in [1.82, 2.24) is 24.6 Å². The Morgan fingerprint density at radius 1 is 1.15 bits per heavy atom. The molecule has 0 bridgehead atoms. The van der Waals surface area contributed by atoms with Crippen LogP contribution in [-0.4, -0.2) is 38.2 Å². The summed E-state index contributed by atoms with van der Waals surface area (Å²) in [7, 11) is 1.67. The third kappa shape index (κ3) is 3.32. The SMILES string of the molecule is COc1ccc(CCNc2cc(-c3cccnc3)nc3ncnn23)cc1. The van der Waals surface area contributed by atoms with Crippen LogP contribution in [0.4, 0.5) is 5.82 Å². The van der Waals surface area contributed by atoms with Gasteiger partial charge >= 0.3 is 0 Å². The molecule has 0 aliphatic heterocycles. The van der Waals surface area contributed by atoms with Gasteiger partial charge in [-0.3, -0.25) is 4.98 Å². The maximum atomic E-state index is 5.19. The third-order valence-electron chi connectivity index (χ3n) is 4.09. The van der Waals surface area contributed by atoms with Gasteiger partial charge in [0, 0.05) is 30.6 Å². The zero-order valence-corrected chi connectivity index (χ0v) is 14.3. The quantitative estimate of drug-likeness (QED) is 0.578. The second-order valence-corrected chi connectivity index (χ2v) is 5.77. The van der Waals surface area contributed by atoms with Crippen molar-refractivity contribution in [3.05, 3.63) is 66.7 Å². The number of aromatic nitrogens is 5. The number of fused-ring (bicyclic) bond motifs is 1. The number of methoxy groups -OCH3 is 1. The molecule has 4 aromatic rings. The largest absolute Gasteiger partial charge is 0.497 e. The molecule has 0 saturated heterocycles. The zero-order chi connectivity index (χ0) is 17.8. The number of benzene rings is 1. The second kappa shape index (κ2) is 7.18. The lowest BCUT2D eigenvalue weighted by Crippen LogP contribution is -2.10. The van der Waals surface area contributed by atoms with Gasteiger partial charge in [-0.25, -0.2) is 4.98 Å². The Kier molecular flexibility index (Phi) is 4.42. The molecule has 1 aromatic carbocycles. The van der Waals surface area contributed by atoms with Gasteiger partial charge < -0.3 is 10.1 Å². The highest BCUT2D eigenvalue weighted by Gasteiger charge is 2.09. The van der Waals surface area contributed by atoms with Crippen molar-refractivity contribution in [2.45, 2.75) is 6.42 Å². The Hall–Kier alpha value is -3.48. The molecule has 7 heteroatoms. The van der Waals surface area contributed by atoms with E-state index in [-0.39, 0.29) is 0 Å². The number of ether oxygens (including phenoxy) is 1. The summed E-state index contributed by atoms with van der Waals surface area (Å²) in [6.07, 6.45) is 5.91. The van der Waals surface area contributed by atoms with Crippen LogP contribution in [0.1, 0.15) is 5.56 Å². The molecule has 0 fully saturated rings. The van der Waals surface area contributed by atoms with Gasteiger partial charge in [-0.1, -0.05) is 12.1 Å². The molecular weight excluding hydrogens is 328 g/mol. The lowest BCUT2D eigenvalue weighted by Gasteiger charge is -2.10. The van der Waals surface area contributed by atoms with Crippen molar-refractivity contribution in [3.8, 4) is 17.0 Å². The van der Waals surface area contributed by atoms with E-state index < -0.39 is 0 Å². The molecule has 0 aliphatic rings. The van der Waals surface area contributed by atoms with Crippen LogP contribution >= 0.6 is 0 Å². The molecule has 1 N–H and O–H groups in total. The van der Waals surface area contributed by atoms with E-state index >= 15 is 0 Å². The Morgan fingerprint density at radius 3 is 2.81 bits per heavy atom. The Bertz CT molecular complexity index is 998. The number of anilines is 1. The molecule has 3 aromatic heterocycles. The van der Waals surface area contributed by atoms with Crippen molar-refractivity contribution in [2.75, 3.05) is 19.0 Å². The molecule has 0 unspecified atom stereocenters. The average Bonchev–Trinajstić information content (AvgIpc) is 3.18. The number of nitrogens with zero attached hydrogens (tertiary/aromatic N) is 5. The van der Waals surface area contributed by atoms with E-state index in [1.165, 1.54) is 11.9 Å². The standard InChI is InChI=1S/C19H18N6O/c1-26-16-6-4-14(5-7-16)8-10-21-18-11-17(15-3-2-9-20-12-15)24-19-22-13-23-25(18)19/h2-7,9,11-13,21H,8,10H2,1H3. The van der Waals surface area contributed by atoms with E-state index in [4.69, 9.17) is 4.74 Å². The summed E-state index contributed by atoms with van der Waals surface area (Å²) in [5.41, 5.74) is 2.98. The molecular formula is C19H18N6O. The molecule has 0 radical (unpaired) electrons. The highest BCUT2D eigenvalue weighted by Crippen LogP contribution is 2.20. The van der Waals surface area contributed by atoms with Crippen molar-refractivity contribution < 1.29 is 4.74 Å². The highest BCUT2D eigenvalue weighted by molar-refractivity contribution is 5.64. The topological polar surface area (TPSA) is 77.2 Å². The molecule has 3 heterocycles. The van der Waals surface area contributed by atoms with Gasteiger partial charge in [0.1, 0.15) is 17.9 Å². The molecule has 0 aliphatic carbocycles. The van der Waals surface area contributed by atoms with Crippen molar-refractivity contribution in [1.29, 1.82) is 0 Å². The van der Waals surface area contributed by atoms with E-state index in [2.05, 4.69) is 37.5 Å². The lowest BCUT2D eigenvalue weighted by molar-refractivity contribution is 0.414. The van der Waals surface area contributed by atoms with Crippen molar-refractivity contribution in [2.24, 2.45) is 0 Å². The van der Waals surface area contributed by atoms with Gasteiger partial charge in [0.25, 0.3) is 5.78 Å². The van der Waals surface area contributed by atoms with E-state index in [9.17, 15) is 0 Å². The van der Waals surface area contributed by atoms with Crippen molar-refractivity contribution >= 4 is 11.6 Å². The van der Waals surface area contributed by atoms with E-state index in [1.54, 1.807) is 24.0 Å². The summed E-state index contributed by atoms with van der Waals surface area (Å²) in [6, 6.07) is 13.9. The molecule has 0 spiro atoms. The Morgan fingerprint density at radius 2 is 2.04 bits per heavy atom. The molecule has 7 nitrogen and oxygen atoms in total. The van der Waals surface area contributed by atoms with Crippen LogP contribution in [-0.2, 0) is 6.42 Å². The maximum absolute atomic E-state index is 5.19.